The van der Waals surface area contributed by atoms with Gasteiger partial charge in [0, 0.05) is 0 Å². The molecule has 0 aromatic heterocycles. The molecule has 0 atom stereocenters. The van der Waals surface area contributed by atoms with E-state index in [1.807, 2.05) is 12.1 Å². The van der Waals surface area contributed by atoms with Gasteiger partial charge < -0.3 is 9.26 Å². The lowest BCUT2D eigenvalue weighted by Gasteiger charge is -2.21. The summed E-state index contributed by atoms with van der Waals surface area (Å²) in [6.07, 6.45) is 0. The maximum Gasteiger partial charge on any atom is 0.341 e. The van der Waals surface area contributed by atoms with Crippen LogP contribution < -0.4 is 15.1 Å². The van der Waals surface area contributed by atoms with Crippen LogP contribution in [0.25, 0.3) is 0 Å². The van der Waals surface area contributed by atoms with E-state index in [2.05, 4.69) is 0 Å². The van der Waals surface area contributed by atoms with E-state index < -0.39 is 13.3 Å². The molecule has 0 aliphatic heterocycles. The summed E-state index contributed by atoms with van der Waals surface area (Å²) in [5.74, 6) is -0.311. The number of rotatable bonds is 5. The number of hydrogen-bond acceptors (Lipinski definition) is 4. The zero-order valence-electron chi connectivity index (χ0n) is 13.7. The zero-order valence-corrected chi connectivity index (χ0v) is 14.6. The van der Waals surface area contributed by atoms with Gasteiger partial charge in [0.15, 0.2) is 0 Å². The van der Waals surface area contributed by atoms with Crippen molar-refractivity contribution in [1.29, 1.82) is 0 Å². The number of carbonyl (C=O) groups excluding carboxylic acids is 1. The normalized spacial score (nSPS) is 10.9. The fourth-order valence-corrected chi connectivity index (χ4v) is 4.54. The molecular formula is C20H17O4P. The Kier molecular flexibility index (Phi) is 5.01. The summed E-state index contributed by atoms with van der Waals surface area (Å²) in [6.45, 7) is 0. The molecule has 0 fully saturated rings. The molecular weight excluding hydrogens is 335 g/mol. The molecule has 0 bridgehead atoms. The van der Waals surface area contributed by atoms with Crippen LogP contribution in [-0.2, 0) is 9.30 Å². The standard InChI is InChI=1S/C20H17O4P/c1-23-20(21)18-14-8-9-15-19(18)24-25(22,16-10-4-2-5-11-16)17-12-6-3-7-13-17/h2-15H,1H3. The SMILES string of the molecule is COC(=O)c1ccccc1OP(=O)(c1ccccc1)c1ccccc1. The molecule has 0 N–H and O–H groups in total. The quantitative estimate of drug-likeness (QED) is 0.518. The minimum atomic E-state index is -3.43. The number of para-hydroxylation sites is 1. The van der Waals surface area contributed by atoms with E-state index in [1.54, 1.807) is 72.8 Å². The number of carbonyl (C=O) groups is 1. The first-order valence-electron chi connectivity index (χ1n) is 7.73. The molecule has 0 amide bonds. The predicted molar refractivity (Wildman–Crippen MR) is 98.2 cm³/mol. The molecule has 0 aliphatic rings. The number of hydrogen-bond donors (Lipinski definition) is 0. The highest BCUT2D eigenvalue weighted by Gasteiger charge is 2.31. The summed E-state index contributed by atoms with van der Waals surface area (Å²) < 4.78 is 24.7. The van der Waals surface area contributed by atoms with Gasteiger partial charge in [0.1, 0.15) is 11.3 Å². The molecule has 3 aromatic rings. The summed E-state index contributed by atoms with van der Waals surface area (Å²) in [4.78, 5) is 12.0. The van der Waals surface area contributed by atoms with Crippen molar-refractivity contribution in [3.8, 4) is 5.75 Å². The van der Waals surface area contributed by atoms with Crippen LogP contribution >= 0.6 is 7.37 Å². The van der Waals surface area contributed by atoms with Gasteiger partial charge >= 0.3 is 13.3 Å². The molecule has 0 radical (unpaired) electrons. The Hall–Kier alpha value is -2.84. The van der Waals surface area contributed by atoms with Gasteiger partial charge in [-0.05, 0) is 36.4 Å². The third-order valence-corrected chi connectivity index (χ3v) is 6.12. The first-order chi connectivity index (χ1) is 12.1. The largest absolute Gasteiger partial charge is 0.465 e. The van der Waals surface area contributed by atoms with E-state index in [0.29, 0.717) is 10.6 Å². The molecule has 0 heterocycles. The lowest BCUT2D eigenvalue weighted by molar-refractivity contribution is 0.0599. The van der Waals surface area contributed by atoms with Gasteiger partial charge in [-0.25, -0.2) is 4.79 Å². The summed E-state index contributed by atoms with van der Waals surface area (Å²) in [5, 5.41) is 1.11. The third kappa shape index (κ3) is 3.49. The minimum absolute atomic E-state index is 0.227. The molecule has 4 nitrogen and oxygen atoms in total. The molecule has 0 saturated heterocycles. The molecule has 5 heteroatoms. The van der Waals surface area contributed by atoms with Crippen LogP contribution in [0.15, 0.2) is 84.9 Å². The number of benzene rings is 3. The molecule has 3 rings (SSSR count). The van der Waals surface area contributed by atoms with Crippen LogP contribution in [0, 0.1) is 0 Å². The van der Waals surface area contributed by atoms with Crippen LogP contribution in [0.5, 0.6) is 5.75 Å². The average Bonchev–Trinajstić information content (AvgIpc) is 2.69. The monoisotopic (exact) mass is 352 g/mol. The first kappa shape index (κ1) is 17.0. The molecule has 25 heavy (non-hydrogen) atoms. The third-order valence-electron chi connectivity index (χ3n) is 3.71. The van der Waals surface area contributed by atoms with E-state index in [-0.39, 0.29) is 11.3 Å². The van der Waals surface area contributed by atoms with Gasteiger partial charge in [0.25, 0.3) is 0 Å². The molecule has 0 unspecified atom stereocenters. The van der Waals surface area contributed by atoms with Crippen molar-refractivity contribution in [2.45, 2.75) is 0 Å². The van der Waals surface area contributed by atoms with Crippen molar-refractivity contribution in [2.24, 2.45) is 0 Å². The van der Waals surface area contributed by atoms with Gasteiger partial charge in [0.05, 0.1) is 17.7 Å². The summed E-state index contributed by atoms with van der Waals surface area (Å²) in [7, 11) is -2.13. The molecule has 0 aliphatic carbocycles. The smallest absolute Gasteiger partial charge is 0.341 e. The van der Waals surface area contributed by atoms with Crippen molar-refractivity contribution in [3.63, 3.8) is 0 Å². The zero-order chi connectivity index (χ0) is 17.7. The Morgan fingerprint density at radius 2 is 1.24 bits per heavy atom. The van der Waals surface area contributed by atoms with Gasteiger partial charge in [-0.1, -0.05) is 48.5 Å². The Balaban J connectivity index is 2.13. The van der Waals surface area contributed by atoms with Crippen LogP contribution in [0.1, 0.15) is 10.4 Å². The first-order valence-corrected chi connectivity index (χ1v) is 9.36. The highest BCUT2D eigenvalue weighted by Crippen LogP contribution is 2.46. The maximum atomic E-state index is 13.9. The second-order valence-electron chi connectivity index (χ2n) is 5.30. The van der Waals surface area contributed by atoms with Gasteiger partial charge in [0.2, 0.25) is 0 Å². The second kappa shape index (κ2) is 7.37. The fraction of sp³-hybridized carbons (Fsp3) is 0.0500. The van der Waals surface area contributed by atoms with Crippen LogP contribution in [0.4, 0.5) is 0 Å². The van der Waals surface area contributed by atoms with Crippen molar-refractivity contribution in [3.05, 3.63) is 90.5 Å². The topological polar surface area (TPSA) is 52.6 Å². The molecule has 0 spiro atoms. The van der Waals surface area contributed by atoms with Crippen LogP contribution in [0.2, 0.25) is 0 Å². The molecule has 3 aromatic carbocycles. The highest BCUT2D eigenvalue weighted by molar-refractivity contribution is 7.74. The maximum absolute atomic E-state index is 13.9. The molecule has 0 saturated carbocycles. The van der Waals surface area contributed by atoms with Crippen LogP contribution in [0.3, 0.4) is 0 Å². The average molecular weight is 352 g/mol. The Morgan fingerprint density at radius 3 is 1.76 bits per heavy atom. The lowest BCUT2D eigenvalue weighted by atomic mass is 10.2. The van der Waals surface area contributed by atoms with E-state index in [0.717, 1.165) is 0 Å². The van der Waals surface area contributed by atoms with E-state index in [1.165, 1.54) is 7.11 Å². The van der Waals surface area contributed by atoms with Gasteiger partial charge in [-0.3, -0.25) is 4.57 Å². The van der Waals surface area contributed by atoms with E-state index in [9.17, 15) is 9.36 Å². The van der Waals surface area contributed by atoms with Crippen molar-refractivity contribution in [1.82, 2.24) is 0 Å². The summed E-state index contributed by atoms with van der Waals surface area (Å²) in [6, 6.07) is 24.6. The van der Waals surface area contributed by atoms with Crippen molar-refractivity contribution < 1.29 is 18.6 Å². The van der Waals surface area contributed by atoms with Crippen molar-refractivity contribution in [2.75, 3.05) is 7.11 Å². The van der Waals surface area contributed by atoms with Gasteiger partial charge in [-0.15, -0.1) is 0 Å². The predicted octanol–water partition coefficient (Wildman–Crippen LogP) is 3.78. The lowest BCUT2D eigenvalue weighted by Crippen LogP contribution is -2.20. The summed E-state index contributed by atoms with van der Waals surface area (Å²) in [5.41, 5.74) is 0.233. The summed E-state index contributed by atoms with van der Waals surface area (Å²) >= 11 is 0. The Morgan fingerprint density at radius 1 is 0.760 bits per heavy atom. The molecule has 126 valence electrons. The fourth-order valence-electron chi connectivity index (χ4n) is 2.47. The van der Waals surface area contributed by atoms with Gasteiger partial charge in [-0.2, -0.15) is 0 Å². The van der Waals surface area contributed by atoms with E-state index in [4.69, 9.17) is 9.26 Å². The highest BCUT2D eigenvalue weighted by atomic mass is 31.2. The van der Waals surface area contributed by atoms with Crippen molar-refractivity contribution >= 4 is 23.9 Å². The Labute approximate surface area is 146 Å². The number of methoxy groups -OCH3 is 1. The minimum Gasteiger partial charge on any atom is -0.465 e. The number of ether oxygens (including phenoxy) is 1. The number of esters is 1. The van der Waals surface area contributed by atoms with E-state index >= 15 is 0 Å². The van der Waals surface area contributed by atoms with Crippen LogP contribution in [-0.4, -0.2) is 13.1 Å². The second-order valence-corrected chi connectivity index (χ2v) is 7.62. The Bertz CT molecular complexity index is 864.